The molecule has 0 saturated heterocycles. The van der Waals surface area contributed by atoms with Crippen LogP contribution in [0.2, 0.25) is 0 Å². The van der Waals surface area contributed by atoms with Crippen LogP contribution in [-0.4, -0.2) is 6.29 Å². The van der Waals surface area contributed by atoms with E-state index < -0.39 is 0 Å². The van der Waals surface area contributed by atoms with E-state index in [0.29, 0.717) is 0 Å². The zero-order valence-electron chi connectivity index (χ0n) is 10.9. The predicted molar refractivity (Wildman–Crippen MR) is 79.8 cm³/mol. The molecule has 0 unspecified atom stereocenters. The lowest BCUT2D eigenvalue weighted by Gasteiger charge is -2.07. The first-order valence-electron chi connectivity index (χ1n) is 6.59. The Hall–Kier alpha value is -2.15. The summed E-state index contributed by atoms with van der Waals surface area (Å²) in [4.78, 5) is 11.1. The number of allylic oxidation sites excluding steroid dienone is 1. The molecule has 0 fully saturated rings. The van der Waals surface area contributed by atoms with Gasteiger partial charge in [-0.05, 0) is 24.0 Å². The van der Waals surface area contributed by atoms with Crippen LogP contribution in [0, 0.1) is 5.92 Å². The van der Waals surface area contributed by atoms with Gasteiger partial charge in [-0.2, -0.15) is 0 Å². The molecule has 1 atom stereocenters. The fraction of sp³-hybridized carbons (Fsp3) is 0.167. The molecule has 1 nitrogen and oxygen atoms in total. The van der Waals surface area contributed by atoms with E-state index >= 15 is 0 Å². The number of carbonyl (C=O) groups is 1. The SMILES string of the molecule is O=C[C@@H](C/C=C/c1ccccc1)Cc1ccccc1. The molecule has 0 spiro atoms. The van der Waals surface area contributed by atoms with Gasteiger partial charge in [0.1, 0.15) is 6.29 Å². The number of benzene rings is 2. The number of rotatable bonds is 6. The maximum Gasteiger partial charge on any atom is 0.123 e. The molecule has 0 amide bonds. The molecule has 96 valence electrons. The fourth-order valence-electron chi connectivity index (χ4n) is 2.05. The molecule has 0 aliphatic rings. The Morgan fingerprint density at radius 3 is 2.16 bits per heavy atom. The molecule has 0 N–H and O–H groups in total. The summed E-state index contributed by atoms with van der Waals surface area (Å²) in [6.07, 6.45) is 6.80. The van der Waals surface area contributed by atoms with E-state index in [-0.39, 0.29) is 5.92 Å². The summed E-state index contributed by atoms with van der Waals surface area (Å²) in [5.74, 6) is 0.0577. The van der Waals surface area contributed by atoms with Crippen LogP contribution < -0.4 is 0 Å². The molecule has 0 saturated carbocycles. The standard InChI is InChI=1S/C18H18O/c19-15-18(14-17-10-5-2-6-11-17)13-7-12-16-8-3-1-4-9-16/h1-12,15,18H,13-14H2/b12-7+/t18-/m0/s1. The van der Waals surface area contributed by atoms with Crippen LogP contribution in [0.4, 0.5) is 0 Å². The first kappa shape index (κ1) is 13.3. The minimum atomic E-state index is 0.0577. The van der Waals surface area contributed by atoms with Gasteiger partial charge in [-0.25, -0.2) is 0 Å². The lowest BCUT2D eigenvalue weighted by Crippen LogP contribution is -2.04. The number of aldehydes is 1. The third-order valence-electron chi connectivity index (χ3n) is 3.08. The summed E-state index contributed by atoms with van der Waals surface area (Å²) in [6.45, 7) is 0. The average molecular weight is 250 g/mol. The van der Waals surface area contributed by atoms with Crippen LogP contribution in [0.1, 0.15) is 17.5 Å². The maximum absolute atomic E-state index is 11.1. The molecular formula is C18H18O. The van der Waals surface area contributed by atoms with E-state index in [4.69, 9.17) is 0 Å². The summed E-state index contributed by atoms with van der Waals surface area (Å²) in [6, 6.07) is 20.3. The Bertz CT molecular complexity index is 514. The Morgan fingerprint density at radius 1 is 0.895 bits per heavy atom. The van der Waals surface area contributed by atoms with Crippen LogP contribution in [0.5, 0.6) is 0 Å². The quantitative estimate of drug-likeness (QED) is 0.704. The fourth-order valence-corrected chi connectivity index (χ4v) is 2.05. The van der Waals surface area contributed by atoms with Crippen molar-refractivity contribution < 1.29 is 4.79 Å². The van der Waals surface area contributed by atoms with Gasteiger partial charge in [0.25, 0.3) is 0 Å². The third-order valence-corrected chi connectivity index (χ3v) is 3.08. The van der Waals surface area contributed by atoms with E-state index in [1.165, 1.54) is 11.1 Å². The van der Waals surface area contributed by atoms with E-state index in [2.05, 4.69) is 36.4 Å². The highest BCUT2D eigenvalue weighted by atomic mass is 16.1. The van der Waals surface area contributed by atoms with Gasteiger partial charge in [0.2, 0.25) is 0 Å². The normalized spacial score (nSPS) is 12.4. The highest BCUT2D eigenvalue weighted by molar-refractivity contribution is 5.56. The van der Waals surface area contributed by atoms with E-state index in [0.717, 1.165) is 19.1 Å². The zero-order valence-corrected chi connectivity index (χ0v) is 10.9. The number of carbonyl (C=O) groups excluding carboxylic acids is 1. The molecule has 2 rings (SSSR count). The van der Waals surface area contributed by atoms with E-state index in [1.54, 1.807) is 0 Å². The monoisotopic (exact) mass is 250 g/mol. The molecule has 0 aliphatic carbocycles. The Labute approximate surface area is 114 Å². The van der Waals surface area contributed by atoms with Gasteiger partial charge < -0.3 is 4.79 Å². The smallest absolute Gasteiger partial charge is 0.123 e. The average Bonchev–Trinajstić information content (AvgIpc) is 2.48. The van der Waals surface area contributed by atoms with Crippen LogP contribution >= 0.6 is 0 Å². The third kappa shape index (κ3) is 4.55. The summed E-state index contributed by atoms with van der Waals surface area (Å²) >= 11 is 0. The highest BCUT2D eigenvalue weighted by Crippen LogP contribution is 2.12. The summed E-state index contributed by atoms with van der Waals surface area (Å²) < 4.78 is 0. The van der Waals surface area contributed by atoms with E-state index in [9.17, 15) is 4.79 Å². The van der Waals surface area contributed by atoms with Crippen molar-refractivity contribution in [3.63, 3.8) is 0 Å². The van der Waals surface area contributed by atoms with Crippen LogP contribution in [0.25, 0.3) is 6.08 Å². The summed E-state index contributed by atoms with van der Waals surface area (Å²) in [5, 5.41) is 0. The van der Waals surface area contributed by atoms with Gasteiger partial charge in [0.15, 0.2) is 0 Å². The van der Waals surface area contributed by atoms with Gasteiger partial charge in [0, 0.05) is 5.92 Å². The second kappa shape index (κ2) is 7.32. The van der Waals surface area contributed by atoms with Gasteiger partial charge in [-0.3, -0.25) is 0 Å². The second-order valence-electron chi connectivity index (χ2n) is 4.63. The summed E-state index contributed by atoms with van der Waals surface area (Å²) in [5.41, 5.74) is 2.39. The highest BCUT2D eigenvalue weighted by Gasteiger charge is 2.06. The predicted octanol–water partition coefficient (Wildman–Crippen LogP) is 4.15. The lowest BCUT2D eigenvalue weighted by molar-refractivity contribution is -0.111. The lowest BCUT2D eigenvalue weighted by atomic mass is 9.97. The largest absolute Gasteiger partial charge is 0.303 e. The topological polar surface area (TPSA) is 17.1 Å². The molecule has 0 bridgehead atoms. The summed E-state index contributed by atoms with van der Waals surface area (Å²) in [7, 11) is 0. The van der Waals surface area contributed by atoms with Crippen LogP contribution in [0.3, 0.4) is 0 Å². The Balaban J connectivity index is 1.90. The van der Waals surface area contributed by atoms with Crippen molar-refractivity contribution in [2.45, 2.75) is 12.8 Å². The Morgan fingerprint density at radius 2 is 1.53 bits per heavy atom. The van der Waals surface area contributed by atoms with Crippen molar-refractivity contribution in [3.05, 3.63) is 77.9 Å². The molecular weight excluding hydrogens is 232 g/mol. The van der Waals surface area contributed by atoms with Crippen molar-refractivity contribution >= 4 is 12.4 Å². The maximum atomic E-state index is 11.1. The molecule has 2 aromatic carbocycles. The van der Waals surface area contributed by atoms with Gasteiger partial charge in [-0.15, -0.1) is 0 Å². The van der Waals surface area contributed by atoms with Crippen LogP contribution in [0.15, 0.2) is 66.7 Å². The molecule has 0 heterocycles. The van der Waals surface area contributed by atoms with Crippen molar-refractivity contribution in [3.8, 4) is 0 Å². The van der Waals surface area contributed by atoms with Crippen LogP contribution in [-0.2, 0) is 11.2 Å². The molecule has 19 heavy (non-hydrogen) atoms. The number of hydrogen-bond donors (Lipinski definition) is 0. The van der Waals surface area contributed by atoms with E-state index in [1.807, 2.05) is 36.4 Å². The minimum Gasteiger partial charge on any atom is -0.303 e. The van der Waals surface area contributed by atoms with Gasteiger partial charge >= 0.3 is 0 Å². The molecule has 1 heteroatoms. The van der Waals surface area contributed by atoms with Gasteiger partial charge in [-0.1, -0.05) is 72.8 Å². The number of hydrogen-bond acceptors (Lipinski definition) is 1. The molecule has 2 aromatic rings. The van der Waals surface area contributed by atoms with Crippen molar-refractivity contribution in [1.29, 1.82) is 0 Å². The van der Waals surface area contributed by atoms with Crippen molar-refractivity contribution in [2.75, 3.05) is 0 Å². The van der Waals surface area contributed by atoms with Crippen molar-refractivity contribution in [1.82, 2.24) is 0 Å². The molecule has 0 radical (unpaired) electrons. The zero-order chi connectivity index (χ0) is 13.3. The molecule has 0 aliphatic heterocycles. The first-order chi connectivity index (χ1) is 9.38. The Kier molecular flexibility index (Phi) is 5.12. The van der Waals surface area contributed by atoms with Gasteiger partial charge in [0.05, 0.1) is 0 Å². The first-order valence-corrected chi connectivity index (χ1v) is 6.59. The second-order valence-corrected chi connectivity index (χ2v) is 4.63. The minimum absolute atomic E-state index is 0.0577. The molecule has 0 aromatic heterocycles. The van der Waals surface area contributed by atoms with Crippen molar-refractivity contribution in [2.24, 2.45) is 5.92 Å².